The predicted octanol–water partition coefficient (Wildman–Crippen LogP) is 5.88. The van der Waals surface area contributed by atoms with E-state index in [-0.39, 0.29) is 17.6 Å². The topological polar surface area (TPSA) is 69.7 Å². The Bertz CT molecular complexity index is 1340. The van der Waals surface area contributed by atoms with Gasteiger partial charge < -0.3 is 28.6 Å². The number of hydrogen-bond donors (Lipinski definition) is 0. The molecule has 0 aromatic heterocycles. The lowest BCUT2D eigenvalue weighted by Gasteiger charge is -2.48. The summed E-state index contributed by atoms with van der Waals surface area (Å²) in [5, 5.41) is 0. The summed E-state index contributed by atoms with van der Waals surface area (Å²) in [5.41, 5.74) is 4.71. The van der Waals surface area contributed by atoms with Gasteiger partial charge in [-0.2, -0.15) is 0 Å². The van der Waals surface area contributed by atoms with Crippen LogP contribution < -0.4 is 9.47 Å². The molecule has 2 bridgehead atoms. The largest absolute Gasteiger partial charge is 0.491 e. The zero-order valence-electron chi connectivity index (χ0n) is 25.7. The van der Waals surface area contributed by atoms with Crippen LogP contribution in [-0.4, -0.2) is 82.2 Å². The third-order valence-corrected chi connectivity index (χ3v) is 9.35. The number of piperidine rings is 3. The quantitative estimate of drug-likeness (QED) is 0.227. The second-order valence-corrected chi connectivity index (χ2v) is 12.1. The van der Waals surface area contributed by atoms with E-state index in [9.17, 15) is 4.79 Å². The number of carbonyl (C=O) groups excluding carboxylic acids is 1. The molecule has 44 heavy (non-hydrogen) atoms. The van der Waals surface area contributed by atoms with Crippen molar-refractivity contribution in [1.82, 2.24) is 9.80 Å². The fraction of sp³-hybridized carbons (Fsp3) is 0.472. The van der Waals surface area contributed by atoms with E-state index >= 15 is 0 Å². The molecule has 3 saturated heterocycles. The average Bonchev–Trinajstić information content (AvgIpc) is 3.09. The van der Waals surface area contributed by atoms with Gasteiger partial charge in [0, 0.05) is 19.1 Å². The van der Waals surface area contributed by atoms with Gasteiger partial charge >= 0.3 is 6.09 Å². The first-order valence-electron chi connectivity index (χ1n) is 15.9. The van der Waals surface area contributed by atoms with E-state index in [1.165, 1.54) is 5.56 Å². The maximum absolute atomic E-state index is 13.6. The Labute approximate surface area is 260 Å². The number of hydrogen-bond acceptors (Lipinski definition) is 7. The monoisotopic (exact) mass is 600 g/mol. The summed E-state index contributed by atoms with van der Waals surface area (Å²) in [6.07, 6.45) is 3.98. The lowest BCUT2D eigenvalue weighted by molar-refractivity contribution is -0.0300. The first-order valence-corrected chi connectivity index (χ1v) is 15.9. The summed E-state index contributed by atoms with van der Waals surface area (Å²) in [7, 11) is 1.66. The average molecular weight is 601 g/mol. The van der Waals surface area contributed by atoms with Crippen molar-refractivity contribution in [3.05, 3.63) is 95.1 Å². The van der Waals surface area contributed by atoms with Crippen molar-refractivity contribution in [2.24, 2.45) is 5.41 Å². The highest BCUT2D eigenvalue weighted by molar-refractivity contribution is 5.70. The maximum atomic E-state index is 13.6. The molecular weight excluding hydrogens is 556 g/mol. The molecule has 8 nitrogen and oxygen atoms in total. The normalized spacial score (nSPS) is 22.3. The number of fused-ring (bicyclic) bond motifs is 4. The molecule has 234 valence electrons. The molecule has 7 rings (SSSR count). The molecule has 8 heteroatoms. The first kappa shape index (κ1) is 30.4. The van der Waals surface area contributed by atoms with Crippen LogP contribution in [0.5, 0.6) is 11.5 Å². The maximum Gasteiger partial charge on any atom is 0.410 e. The standard InChI is InChI=1S/C36H44N2O6/c1-40-22-23-41-24-25-42-31-10-6-28(7-11-31)26-43-32-12-8-30(9-13-32)34-33-5-3-2-4-29(33)14-18-38(34)35(39)44-27-36-15-19-37(20-16-36)21-17-36/h2-13,34H,14-27H2,1H3/t34-/m1/s1. The van der Waals surface area contributed by atoms with E-state index in [4.69, 9.17) is 23.7 Å². The summed E-state index contributed by atoms with van der Waals surface area (Å²) in [4.78, 5) is 18.1. The van der Waals surface area contributed by atoms with Gasteiger partial charge in [0.1, 0.15) is 24.7 Å². The Balaban J connectivity index is 1.06. The van der Waals surface area contributed by atoms with Crippen LogP contribution in [-0.2, 0) is 27.2 Å². The number of benzene rings is 3. The number of rotatable bonds is 13. The van der Waals surface area contributed by atoms with Gasteiger partial charge in [-0.05, 0) is 91.8 Å². The second kappa shape index (κ2) is 14.5. The third-order valence-electron chi connectivity index (χ3n) is 9.35. The fourth-order valence-corrected chi connectivity index (χ4v) is 6.59. The van der Waals surface area contributed by atoms with Crippen molar-refractivity contribution < 1.29 is 28.5 Å². The van der Waals surface area contributed by atoms with Crippen molar-refractivity contribution in [2.45, 2.75) is 38.3 Å². The van der Waals surface area contributed by atoms with E-state index in [1.807, 2.05) is 41.3 Å². The van der Waals surface area contributed by atoms with Gasteiger partial charge in [-0.3, -0.25) is 4.90 Å². The van der Waals surface area contributed by atoms with Crippen molar-refractivity contribution >= 4 is 6.09 Å². The SMILES string of the molecule is COCCOCCOc1ccc(COc2ccc([C@@H]3c4ccccc4CCN3C(=O)OCC34CCN(CC3)CC4)cc2)cc1. The molecule has 4 heterocycles. The molecule has 1 atom stereocenters. The highest BCUT2D eigenvalue weighted by Gasteiger charge is 2.41. The number of ether oxygens (including phenoxy) is 5. The minimum absolute atomic E-state index is 0.152. The summed E-state index contributed by atoms with van der Waals surface area (Å²) < 4.78 is 28.3. The molecule has 3 fully saturated rings. The number of carbonyl (C=O) groups is 1. The van der Waals surface area contributed by atoms with Crippen LogP contribution in [0.3, 0.4) is 0 Å². The zero-order valence-corrected chi connectivity index (χ0v) is 25.7. The summed E-state index contributed by atoms with van der Waals surface area (Å²) in [6, 6.07) is 24.3. The molecule has 3 aromatic carbocycles. The van der Waals surface area contributed by atoms with Crippen molar-refractivity contribution in [3.8, 4) is 11.5 Å². The van der Waals surface area contributed by atoms with Crippen LogP contribution in [0.25, 0.3) is 0 Å². The highest BCUT2D eigenvalue weighted by atomic mass is 16.6. The van der Waals surface area contributed by atoms with Gasteiger partial charge in [0.2, 0.25) is 0 Å². The van der Waals surface area contributed by atoms with Crippen molar-refractivity contribution in [2.75, 3.05) is 66.3 Å². The smallest absolute Gasteiger partial charge is 0.410 e. The number of nitrogens with zero attached hydrogens (tertiary/aromatic N) is 2. The number of methoxy groups -OCH3 is 1. The Kier molecular flexibility index (Phi) is 10.0. The van der Waals surface area contributed by atoms with Crippen LogP contribution >= 0.6 is 0 Å². The van der Waals surface area contributed by atoms with Crippen LogP contribution in [0, 0.1) is 5.41 Å². The first-order chi connectivity index (χ1) is 21.6. The lowest BCUT2D eigenvalue weighted by atomic mass is 9.73. The van der Waals surface area contributed by atoms with E-state index < -0.39 is 0 Å². The van der Waals surface area contributed by atoms with Gasteiger partial charge in [0.25, 0.3) is 0 Å². The summed E-state index contributed by atoms with van der Waals surface area (Å²) in [5.74, 6) is 1.58. The Hall–Kier alpha value is -3.59. The summed E-state index contributed by atoms with van der Waals surface area (Å²) in [6.45, 7) is 7.14. The van der Waals surface area contributed by atoms with E-state index in [2.05, 4.69) is 41.3 Å². The van der Waals surface area contributed by atoms with Gasteiger partial charge in [-0.25, -0.2) is 4.79 Å². The van der Waals surface area contributed by atoms with Crippen LogP contribution in [0.15, 0.2) is 72.8 Å². The molecule has 0 N–H and O–H groups in total. The minimum Gasteiger partial charge on any atom is -0.491 e. The van der Waals surface area contributed by atoms with Crippen LogP contribution in [0.1, 0.15) is 47.6 Å². The molecule has 1 amide bonds. The molecule has 0 saturated carbocycles. The van der Waals surface area contributed by atoms with Crippen LogP contribution in [0.4, 0.5) is 4.79 Å². The van der Waals surface area contributed by atoms with E-state index in [0.717, 1.165) is 73.5 Å². The summed E-state index contributed by atoms with van der Waals surface area (Å²) >= 11 is 0. The van der Waals surface area contributed by atoms with Gasteiger partial charge in [-0.15, -0.1) is 0 Å². The zero-order chi connectivity index (χ0) is 30.2. The predicted molar refractivity (Wildman–Crippen MR) is 168 cm³/mol. The molecule has 4 aliphatic heterocycles. The van der Waals surface area contributed by atoms with Gasteiger partial charge in [0.05, 0.1) is 32.5 Å². The Morgan fingerprint density at radius 1 is 0.795 bits per heavy atom. The highest BCUT2D eigenvalue weighted by Crippen LogP contribution is 2.41. The number of amides is 1. The van der Waals surface area contributed by atoms with Crippen LogP contribution in [0.2, 0.25) is 0 Å². The fourth-order valence-electron chi connectivity index (χ4n) is 6.59. The Morgan fingerprint density at radius 2 is 1.48 bits per heavy atom. The van der Waals surface area contributed by atoms with Crippen molar-refractivity contribution in [3.63, 3.8) is 0 Å². The van der Waals surface area contributed by atoms with E-state index in [0.29, 0.717) is 46.2 Å². The molecule has 0 unspecified atom stereocenters. The molecular formula is C36H44N2O6. The minimum atomic E-state index is -0.210. The van der Waals surface area contributed by atoms with Gasteiger partial charge in [-0.1, -0.05) is 48.5 Å². The van der Waals surface area contributed by atoms with E-state index in [1.54, 1.807) is 7.11 Å². The molecule has 4 aliphatic rings. The lowest BCUT2D eigenvalue weighted by Crippen LogP contribution is -2.51. The molecule has 0 spiro atoms. The molecule has 0 aliphatic carbocycles. The Morgan fingerprint density at radius 3 is 2.23 bits per heavy atom. The third kappa shape index (κ3) is 7.37. The second-order valence-electron chi connectivity index (χ2n) is 12.1. The van der Waals surface area contributed by atoms with Gasteiger partial charge in [0.15, 0.2) is 0 Å². The molecule has 0 radical (unpaired) electrons. The van der Waals surface area contributed by atoms with Crippen molar-refractivity contribution in [1.29, 1.82) is 0 Å². The molecule has 3 aromatic rings.